The number of amides is 2. The fourth-order valence-corrected chi connectivity index (χ4v) is 2.59. The largest absolute Gasteiger partial charge is 0.355 e. The Morgan fingerprint density at radius 1 is 1.22 bits per heavy atom. The van der Waals surface area contributed by atoms with Crippen LogP contribution < -0.4 is 5.32 Å². The molecule has 1 heterocycles. The lowest BCUT2D eigenvalue weighted by atomic mass is 9.94. The molecule has 0 aromatic carbocycles. The molecule has 1 saturated heterocycles. The minimum Gasteiger partial charge on any atom is -0.355 e. The number of carbonyl (C=O) groups excluding carboxylic acids is 2. The van der Waals surface area contributed by atoms with Crippen LogP contribution in [0.4, 0.5) is 0 Å². The van der Waals surface area contributed by atoms with Gasteiger partial charge in [0.2, 0.25) is 11.8 Å². The summed E-state index contributed by atoms with van der Waals surface area (Å²) in [5.74, 6) is 0.391. The van der Waals surface area contributed by atoms with E-state index in [4.69, 9.17) is 0 Å². The van der Waals surface area contributed by atoms with E-state index < -0.39 is 0 Å². The van der Waals surface area contributed by atoms with Crippen molar-refractivity contribution in [3.05, 3.63) is 12.2 Å². The molecule has 1 fully saturated rings. The van der Waals surface area contributed by atoms with Crippen LogP contribution in [0.25, 0.3) is 0 Å². The molecule has 0 radical (unpaired) electrons. The van der Waals surface area contributed by atoms with Crippen LogP contribution in [0.5, 0.6) is 0 Å². The Balaban J connectivity index is 1.63. The Bertz CT molecular complexity index is 333. The van der Waals surface area contributed by atoms with Crippen LogP contribution in [0.1, 0.15) is 38.5 Å². The second-order valence-electron chi connectivity index (χ2n) is 5.11. The normalized spacial score (nSPS) is 23.1. The summed E-state index contributed by atoms with van der Waals surface area (Å²) in [6, 6.07) is 0. The summed E-state index contributed by atoms with van der Waals surface area (Å²) < 4.78 is 0. The summed E-state index contributed by atoms with van der Waals surface area (Å²) in [4.78, 5) is 25.5. The maximum absolute atomic E-state index is 11.8. The zero-order valence-electron chi connectivity index (χ0n) is 10.9. The zero-order chi connectivity index (χ0) is 12.8. The number of carbonyl (C=O) groups is 2. The average Bonchev–Trinajstić information content (AvgIpc) is 2.93. The molecule has 1 aliphatic heterocycles. The highest BCUT2D eigenvalue weighted by molar-refractivity contribution is 5.80. The van der Waals surface area contributed by atoms with Gasteiger partial charge in [-0.3, -0.25) is 9.59 Å². The number of hydrogen-bond donors (Lipinski definition) is 1. The fraction of sp³-hybridized carbons (Fsp3) is 0.714. The Morgan fingerprint density at radius 2 is 2.00 bits per heavy atom. The number of rotatable bonds is 4. The van der Waals surface area contributed by atoms with Gasteiger partial charge in [-0.25, -0.2) is 0 Å². The van der Waals surface area contributed by atoms with Crippen molar-refractivity contribution in [3.8, 4) is 0 Å². The molecule has 2 rings (SSSR count). The molecule has 0 aromatic rings. The highest BCUT2D eigenvalue weighted by Gasteiger charge is 2.20. The monoisotopic (exact) mass is 250 g/mol. The van der Waals surface area contributed by atoms with Gasteiger partial charge in [0, 0.05) is 32.0 Å². The van der Waals surface area contributed by atoms with E-state index >= 15 is 0 Å². The summed E-state index contributed by atoms with van der Waals surface area (Å²) in [5, 5.41) is 2.89. The summed E-state index contributed by atoms with van der Waals surface area (Å²) >= 11 is 0. The first-order valence-electron chi connectivity index (χ1n) is 6.98. The molecule has 0 spiro atoms. The van der Waals surface area contributed by atoms with E-state index in [1.807, 2.05) is 4.90 Å². The molecule has 1 unspecified atom stereocenters. The Morgan fingerprint density at radius 3 is 2.67 bits per heavy atom. The van der Waals surface area contributed by atoms with Gasteiger partial charge < -0.3 is 10.2 Å². The average molecular weight is 250 g/mol. The Labute approximate surface area is 108 Å². The highest BCUT2D eigenvalue weighted by Crippen LogP contribution is 2.17. The van der Waals surface area contributed by atoms with Crippen LogP contribution in [-0.4, -0.2) is 36.3 Å². The molecule has 4 heteroatoms. The Hall–Kier alpha value is -1.32. The second kappa shape index (κ2) is 6.57. The number of allylic oxidation sites excluding steroid dienone is 2. The van der Waals surface area contributed by atoms with Gasteiger partial charge in [0.15, 0.2) is 0 Å². The van der Waals surface area contributed by atoms with Crippen molar-refractivity contribution in [1.82, 2.24) is 10.2 Å². The maximum atomic E-state index is 11.8. The van der Waals surface area contributed by atoms with Crippen molar-refractivity contribution in [2.45, 2.75) is 38.5 Å². The molecule has 0 aromatic heterocycles. The van der Waals surface area contributed by atoms with Crippen LogP contribution in [-0.2, 0) is 9.59 Å². The van der Waals surface area contributed by atoms with Crippen LogP contribution in [0.2, 0.25) is 0 Å². The molecule has 4 nitrogen and oxygen atoms in total. The third-order valence-corrected chi connectivity index (χ3v) is 3.74. The molecule has 1 atom stereocenters. The van der Waals surface area contributed by atoms with Gasteiger partial charge in [-0.15, -0.1) is 0 Å². The lowest BCUT2D eigenvalue weighted by molar-refractivity contribution is -0.130. The minimum absolute atomic E-state index is 0.105. The van der Waals surface area contributed by atoms with Gasteiger partial charge >= 0.3 is 0 Å². The number of likely N-dealkylation sites (tertiary alicyclic amines) is 1. The lowest BCUT2D eigenvalue weighted by Crippen LogP contribution is -2.35. The van der Waals surface area contributed by atoms with Crippen molar-refractivity contribution in [1.29, 1.82) is 0 Å². The van der Waals surface area contributed by atoms with E-state index in [1.54, 1.807) is 0 Å². The van der Waals surface area contributed by atoms with Gasteiger partial charge in [0.05, 0.1) is 0 Å². The zero-order valence-corrected chi connectivity index (χ0v) is 10.9. The molecule has 2 amide bonds. The summed E-state index contributed by atoms with van der Waals surface area (Å²) in [7, 11) is 0. The lowest BCUT2D eigenvalue weighted by Gasteiger charge is -2.18. The first-order valence-corrected chi connectivity index (χ1v) is 6.98. The molecule has 1 N–H and O–H groups in total. The van der Waals surface area contributed by atoms with Crippen LogP contribution in [0.15, 0.2) is 12.2 Å². The van der Waals surface area contributed by atoms with Gasteiger partial charge in [-0.1, -0.05) is 12.2 Å². The summed E-state index contributed by atoms with van der Waals surface area (Å²) in [5.41, 5.74) is 0. The fourth-order valence-electron chi connectivity index (χ4n) is 2.59. The molecular formula is C14H22N2O2. The van der Waals surface area contributed by atoms with E-state index in [1.165, 1.54) is 0 Å². The SMILES string of the molecule is O=C(NCCC(=O)N1CCCC1)C1CC=CCC1. The third-order valence-electron chi connectivity index (χ3n) is 3.74. The van der Waals surface area contributed by atoms with Crippen LogP contribution >= 0.6 is 0 Å². The molecule has 18 heavy (non-hydrogen) atoms. The van der Waals surface area contributed by atoms with Crippen LogP contribution in [0, 0.1) is 5.92 Å². The molecule has 1 aliphatic carbocycles. The number of hydrogen-bond acceptors (Lipinski definition) is 2. The van der Waals surface area contributed by atoms with E-state index in [0.717, 1.165) is 45.2 Å². The van der Waals surface area contributed by atoms with E-state index in [9.17, 15) is 9.59 Å². The van der Waals surface area contributed by atoms with E-state index in [-0.39, 0.29) is 17.7 Å². The summed E-state index contributed by atoms with van der Waals surface area (Å²) in [6.45, 7) is 2.26. The van der Waals surface area contributed by atoms with Gasteiger partial charge in [-0.05, 0) is 32.1 Å². The molecule has 0 bridgehead atoms. The van der Waals surface area contributed by atoms with E-state index in [2.05, 4.69) is 17.5 Å². The topological polar surface area (TPSA) is 49.4 Å². The smallest absolute Gasteiger partial charge is 0.224 e. The minimum atomic E-state index is 0.105. The van der Waals surface area contributed by atoms with Crippen molar-refractivity contribution in [3.63, 3.8) is 0 Å². The second-order valence-corrected chi connectivity index (χ2v) is 5.11. The van der Waals surface area contributed by atoms with E-state index in [0.29, 0.717) is 13.0 Å². The molecular weight excluding hydrogens is 228 g/mol. The number of nitrogens with one attached hydrogen (secondary N) is 1. The van der Waals surface area contributed by atoms with Crippen molar-refractivity contribution in [2.24, 2.45) is 5.92 Å². The first-order chi connectivity index (χ1) is 8.77. The number of nitrogens with zero attached hydrogens (tertiary/aromatic N) is 1. The van der Waals surface area contributed by atoms with Crippen molar-refractivity contribution in [2.75, 3.05) is 19.6 Å². The third kappa shape index (κ3) is 3.59. The quantitative estimate of drug-likeness (QED) is 0.768. The van der Waals surface area contributed by atoms with Crippen molar-refractivity contribution >= 4 is 11.8 Å². The van der Waals surface area contributed by atoms with Crippen molar-refractivity contribution < 1.29 is 9.59 Å². The molecule has 0 saturated carbocycles. The maximum Gasteiger partial charge on any atom is 0.224 e. The van der Waals surface area contributed by atoms with Gasteiger partial charge in [0.25, 0.3) is 0 Å². The predicted molar refractivity (Wildman–Crippen MR) is 69.9 cm³/mol. The molecule has 100 valence electrons. The predicted octanol–water partition coefficient (Wildman–Crippen LogP) is 1.47. The standard InChI is InChI=1S/C14H22N2O2/c17-13(16-10-4-5-11-16)8-9-15-14(18)12-6-2-1-3-7-12/h1-2,12H,3-11H2,(H,15,18). The first kappa shape index (κ1) is 13.1. The van der Waals surface area contributed by atoms with Gasteiger partial charge in [0.1, 0.15) is 0 Å². The van der Waals surface area contributed by atoms with Gasteiger partial charge in [-0.2, -0.15) is 0 Å². The van der Waals surface area contributed by atoms with Crippen LogP contribution in [0.3, 0.4) is 0 Å². The Kier molecular flexibility index (Phi) is 4.79. The highest BCUT2D eigenvalue weighted by atomic mass is 16.2. The summed E-state index contributed by atoms with van der Waals surface area (Å²) in [6.07, 6.45) is 9.64. The molecule has 2 aliphatic rings.